The van der Waals surface area contributed by atoms with Crippen molar-refractivity contribution < 1.29 is 19.4 Å². The van der Waals surface area contributed by atoms with Gasteiger partial charge in [-0.1, -0.05) is 44.2 Å². The highest BCUT2D eigenvalue weighted by Crippen LogP contribution is 2.16. The zero-order valence-corrected chi connectivity index (χ0v) is 11.1. The standard InChI is InChI=1S/C14H19NO4/c1-10(2)14(15,12(16)17)13(18)19-9-8-11-6-4-3-5-7-11/h3-7,10H,8-9,15H2,1-2H3,(H,16,17)/t14-/m0/s1. The number of carbonyl (C=O) groups excluding carboxylic acids is 1. The van der Waals surface area contributed by atoms with Gasteiger partial charge >= 0.3 is 11.9 Å². The molecule has 0 saturated carbocycles. The molecule has 0 amide bonds. The number of hydrogen-bond donors (Lipinski definition) is 2. The number of carbonyl (C=O) groups is 2. The third kappa shape index (κ3) is 3.54. The summed E-state index contributed by atoms with van der Waals surface area (Å²) in [5, 5.41) is 9.06. The van der Waals surface area contributed by atoms with E-state index in [-0.39, 0.29) is 6.61 Å². The van der Waals surface area contributed by atoms with Crippen molar-refractivity contribution in [2.24, 2.45) is 11.7 Å². The molecule has 0 aliphatic heterocycles. The molecule has 19 heavy (non-hydrogen) atoms. The number of nitrogens with two attached hydrogens (primary N) is 1. The summed E-state index contributed by atoms with van der Waals surface area (Å²) < 4.78 is 4.99. The van der Waals surface area contributed by atoms with Crippen LogP contribution >= 0.6 is 0 Å². The average molecular weight is 265 g/mol. The molecular formula is C14H19NO4. The van der Waals surface area contributed by atoms with Gasteiger partial charge in [-0.2, -0.15) is 0 Å². The molecule has 0 spiro atoms. The highest BCUT2D eigenvalue weighted by molar-refractivity contribution is 6.04. The number of esters is 1. The van der Waals surface area contributed by atoms with Gasteiger partial charge in [0, 0.05) is 6.42 Å². The molecule has 5 nitrogen and oxygen atoms in total. The van der Waals surface area contributed by atoms with Crippen molar-refractivity contribution in [2.75, 3.05) is 6.61 Å². The topological polar surface area (TPSA) is 89.6 Å². The van der Waals surface area contributed by atoms with Crippen LogP contribution in [0, 0.1) is 5.92 Å². The molecule has 1 atom stereocenters. The second kappa shape index (κ2) is 6.33. The molecular weight excluding hydrogens is 246 g/mol. The third-order valence-corrected chi connectivity index (χ3v) is 3.07. The summed E-state index contributed by atoms with van der Waals surface area (Å²) in [6.07, 6.45) is 0.528. The monoisotopic (exact) mass is 265 g/mol. The molecule has 0 aromatic heterocycles. The Kier molecular flexibility index (Phi) is 5.06. The first-order valence-corrected chi connectivity index (χ1v) is 6.12. The van der Waals surface area contributed by atoms with Crippen LogP contribution in [-0.4, -0.2) is 29.2 Å². The van der Waals surface area contributed by atoms with Crippen molar-refractivity contribution in [3.63, 3.8) is 0 Å². The first-order valence-electron chi connectivity index (χ1n) is 6.12. The van der Waals surface area contributed by atoms with Gasteiger partial charge in [-0.05, 0) is 11.5 Å². The SMILES string of the molecule is CC(C)[C@](N)(C(=O)O)C(=O)OCCc1ccccc1. The van der Waals surface area contributed by atoms with E-state index in [9.17, 15) is 9.59 Å². The number of rotatable bonds is 6. The lowest BCUT2D eigenvalue weighted by Crippen LogP contribution is -2.59. The van der Waals surface area contributed by atoms with E-state index in [1.165, 1.54) is 0 Å². The lowest BCUT2D eigenvalue weighted by atomic mass is 9.88. The predicted octanol–water partition coefficient (Wildman–Crippen LogP) is 1.21. The van der Waals surface area contributed by atoms with Gasteiger partial charge in [-0.25, -0.2) is 9.59 Å². The van der Waals surface area contributed by atoms with E-state index in [2.05, 4.69) is 0 Å². The summed E-state index contributed by atoms with van der Waals surface area (Å²) in [5.41, 5.74) is 4.65. The zero-order chi connectivity index (χ0) is 14.5. The number of benzene rings is 1. The Morgan fingerprint density at radius 2 is 1.89 bits per heavy atom. The Morgan fingerprint density at radius 3 is 2.37 bits per heavy atom. The highest BCUT2D eigenvalue weighted by atomic mass is 16.5. The fourth-order valence-corrected chi connectivity index (χ4v) is 1.60. The number of aliphatic carboxylic acids is 1. The number of carboxylic acid groups (broad SMARTS) is 1. The summed E-state index contributed by atoms with van der Waals surface area (Å²) in [7, 11) is 0. The summed E-state index contributed by atoms with van der Waals surface area (Å²) in [5.74, 6) is -2.81. The predicted molar refractivity (Wildman–Crippen MR) is 70.5 cm³/mol. The van der Waals surface area contributed by atoms with Crippen LogP contribution in [0.15, 0.2) is 30.3 Å². The fourth-order valence-electron chi connectivity index (χ4n) is 1.60. The normalized spacial score (nSPS) is 13.9. The second-order valence-corrected chi connectivity index (χ2v) is 4.70. The molecule has 5 heteroatoms. The Morgan fingerprint density at radius 1 is 1.32 bits per heavy atom. The quantitative estimate of drug-likeness (QED) is 0.596. The molecule has 1 rings (SSSR count). The van der Waals surface area contributed by atoms with Crippen LogP contribution in [0.1, 0.15) is 19.4 Å². The smallest absolute Gasteiger partial charge is 0.338 e. The first-order chi connectivity index (χ1) is 8.89. The Labute approximate surface area is 112 Å². The van der Waals surface area contributed by atoms with Crippen LogP contribution in [0.25, 0.3) is 0 Å². The van der Waals surface area contributed by atoms with E-state index in [4.69, 9.17) is 15.6 Å². The molecule has 1 aromatic rings. The Balaban J connectivity index is 2.57. The van der Waals surface area contributed by atoms with Crippen molar-refractivity contribution in [3.8, 4) is 0 Å². The summed E-state index contributed by atoms with van der Waals surface area (Å²) in [4.78, 5) is 22.9. The van der Waals surface area contributed by atoms with Crippen LogP contribution in [0.4, 0.5) is 0 Å². The maximum Gasteiger partial charge on any atom is 0.338 e. The van der Waals surface area contributed by atoms with Crippen LogP contribution in [0.3, 0.4) is 0 Å². The summed E-state index contributed by atoms with van der Waals surface area (Å²) in [6.45, 7) is 3.26. The second-order valence-electron chi connectivity index (χ2n) is 4.70. The Hall–Kier alpha value is -1.88. The van der Waals surface area contributed by atoms with E-state index in [0.717, 1.165) is 5.56 Å². The molecule has 0 heterocycles. The van der Waals surface area contributed by atoms with Gasteiger partial charge in [0.25, 0.3) is 0 Å². The molecule has 1 aromatic carbocycles. The van der Waals surface area contributed by atoms with Crippen molar-refractivity contribution in [1.82, 2.24) is 0 Å². The van der Waals surface area contributed by atoms with Crippen LogP contribution in [-0.2, 0) is 20.7 Å². The molecule has 0 saturated heterocycles. The van der Waals surface area contributed by atoms with Crippen molar-refractivity contribution in [1.29, 1.82) is 0 Å². The van der Waals surface area contributed by atoms with Crippen molar-refractivity contribution in [3.05, 3.63) is 35.9 Å². The third-order valence-electron chi connectivity index (χ3n) is 3.07. The van der Waals surface area contributed by atoms with E-state index in [0.29, 0.717) is 6.42 Å². The van der Waals surface area contributed by atoms with Gasteiger partial charge in [-0.15, -0.1) is 0 Å². The van der Waals surface area contributed by atoms with Gasteiger partial charge in [0.05, 0.1) is 6.61 Å². The van der Waals surface area contributed by atoms with Crippen LogP contribution in [0.5, 0.6) is 0 Å². The fraction of sp³-hybridized carbons (Fsp3) is 0.429. The van der Waals surface area contributed by atoms with Gasteiger partial charge in [-0.3, -0.25) is 0 Å². The van der Waals surface area contributed by atoms with Crippen LogP contribution in [0.2, 0.25) is 0 Å². The number of hydrogen-bond acceptors (Lipinski definition) is 4. The van der Waals surface area contributed by atoms with Crippen LogP contribution < -0.4 is 5.73 Å². The average Bonchev–Trinajstić information content (AvgIpc) is 2.38. The van der Waals surface area contributed by atoms with E-state index >= 15 is 0 Å². The minimum Gasteiger partial charge on any atom is -0.479 e. The number of ether oxygens (including phenoxy) is 1. The maximum atomic E-state index is 11.8. The van der Waals surface area contributed by atoms with E-state index in [1.807, 2.05) is 30.3 Å². The molecule has 0 radical (unpaired) electrons. The lowest BCUT2D eigenvalue weighted by Gasteiger charge is -2.26. The molecule has 0 fully saturated rings. The van der Waals surface area contributed by atoms with E-state index in [1.54, 1.807) is 13.8 Å². The van der Waals surface area contributed by atoms with Gasteiger partial charge < -0.3 is 15.6 Å². The highest BCUT2D eigenvalue weighted by Gasteiger charge is 2.46. The molecule has 0 unspecified atom stereocenters. The lowest BCUT2D eigenvalue weighted by molar-refractivity contribution is -0.163. The van der Waals surface area contributed by atoms with Crippen molar-refractivity contribution in [2.45, 2.75) is 25.8 Å². The molecule has 3 N–H and O–H groups in total. The molecule has 0 bridgehead atoms. The Bertz CT molecular complexity index is 444. The summed E-state index contributed by atoms with van der Waals surface area (Å²) >= 11 is 0. The van der Waals surface area contributed by atoms with E-state index < -0.39 is 23.4 Å². The first kappa shape index (κ1) is 15.2. The van der Waals surface area contributed by atoms with Crippen molar-refractivity contribution >= 4 is 11.9 Å². The summed E-state index contributed by atoms with van der Waals surface area (Å²) in [6, 6.07) is 9.47. The minimum absolute atomic E-state index is 0.113. The largest absolute Gasteiger partial charge is 0.479 e. The zero-order valence-electron chi connectivity index (χ0n) is 11.1. The molecule has 0 aliphatic rings. The number of carboxylic acids is 1. The molecule has 0 aliphatic carbocycles. The van der Waals surface area contributed by atoms with Gasteiger partial charge in [0.1, 0.15) is 0 Å². The van der Waals surface area contributed by atoms with Gasteiger partial charge in [0.15, 0.2) is 0 Å². The maximum absolute atomic E-state index is 11.8. The minimum atomic E-state index is -1.99. The van der Waals surface area contributed by atoms with Gasteiger partial charge in [0.2, 0.25) is 5.54 Å². The molecule has 104 valence electrons.